The number of fused-ring (bicyclic) bond motifs is 1. The summed E-state index contributed by atoms with van der Waals surface area (Å²) in [6.45, 7) is 6.75. The number of thiocarbonyl (C=S) groups is 1. The van der Waals surface area contributed by atoms with E-state index >= 15 is 0 Å². The summed E-state index contributed by atoms with van der Waals surface area (Å²) >= 11 is 7.24. The zero-order chi connectivity index (χ0) is 24.2. The summed E-state index contributed by atoms with van der Waals surface area (Å²) in [7, 11) is 1.66. The SMILES string of the molecule is CCOC(=O)c1c(NC(=S)Nc2c(C)nn(Cc3cccc(OC)c3)c2C)sc2c1CCCC2. The number of carbonyl (C=O) groups excluding carboxylic acids is 1. The van der Waals surface area contributed by atoms with Gasteiger partial charge in [0.2, 0.25) is 0 Å². The lowest BCUT2D eigenvalue weighted by Gasteiger charge is -2.13. The number of thiophene rings is 1. The zero-order valence-electron chi connectivity index (χ0n) is 20.0. The summed E-state index contributed by atoms with van der Waals surface area (Å²) in [6, 6.07) is 7.95. The molecular weight excluding hydrogens is 468 g/mol. The molecule has 2 N–H and O–H groups in total. The Morgan fingerprint density at radius 2 is 2.03 bits per heavy atom. The second-order valence-electron chi connectivity index (χ2n) is 8.27. The molecule has 9 heteroatoms. The van der Waals surface area contributed by atoms with Gasteiger partial charge in [-0.3, -0.25) is 4.68 Å². The number of nitrogens with one attached hydrogen (secondary N) is 2. The standard InChI is InChI=1S/C25H30N4O3S2/c1-5-32-24(30)21-19-11-6-7-12-20(19)34-23(21)27-25(33)26-22-15(2)28-29(16(22)3)14-17-9-8-10-18(13-17)31-4/h8-10,13H,5-7,11-12,14H2,1-4H3,(H2,26,27,33). The summed E-state index contributed by atoms with van der Waals surface area (Å²) in [4.78, 5) is 14.0. The maximum absolute atomic E-state index is 12.7. The van der Waals surface area contributed by atoms with Gasteiger partial charge in [0, 0.05) is 4.88 Å². The highest BCUT2D eigenvalue weighted by molar-refractivity contribution is 7.80. The van der Waals surface area contributed by atoms with Crippen molar-refractivity contribution in [2.45, 2.75) is 53.0 Å². The number of methoxy groups -OCH3 is 1. The highest BCUT2D eigenvalue weighted by Crippen LogP contribution is 2.38. The zero-order valence-corrected chi connectivity index (χ0v) is 21.6. The molecule has 180 valence electrons. The molecule has 3 aromatic rings. The number of anilines is 2. The number of esters is 1. The van der Waals surface area contributed by atoms with Crippen LogP contribution in [-0.2, 0) is 24.1 Å². The third-order valence-corrected chi connectivity index (χ3v) is 7.38. The summed E-state index contributed by atoms with van der Waals surface area (Å²) in [5.41, 5.74) is 5.52. The van der Waals surface area contributed by atoms with E-state index < -0.39 is 0 Å². The summed E-state index contributed by atoms with van der Waals surface area (Å²) in [6.07, 6.45) is 4.12. The Balaban J connectivity index is 1.53. The van der Waals surface area contributed by atoms with E-state index in [-0.39, 0.29) is 5.97 Å². The van der Waals surface area contributed by atoms with Crippen molar-refractivity contribution in [3.63, 3.8) is 0 Å². The van der Waals surface area contributed by atoms with Crippen molar-refractivity contribution in [3.8, 4) is 5.75 Å². The number of rotatable bonds is 7. The maximum atomic E-state index is 12.7. The van der Waals surface area contributed by atoms with Gasteiger partial charge in [0.15, 0.2) is 5.11 Å². The first-order valence-electron chi connectivity index (χ1n) is 11.5. The van der Waals surface area contributed by atoms with Crippen molar-refractivity contribution in [1.82, 2.24) is 9.78 Å². The van der Waals surface area contributed by atoms with Gasteiger partial charge in [-0.15, -0.1) is 11.3 Å². The molecular formula is C25H30N4O3S2. The average Bonchev–Trinajstić information content (AvgIpc) is 3.31. The molecule has 7 nitrogen and oxygen atoms in total. The number of nitrogens with zero attached hydrogens (tertiary/aromatic N) is 2. The molecule has 0 saturated carbocycles. The number of aryl methyl sites for hydroxylation is 2. The van der Waals surface area contributed by atoms with Crippen LogP contribution in [0, 0.1) is 13.8 Å². The Morgan fingerprint density at radius 1 is 1.24 bits per heavy atom. The lowest BCUT2D eigenvalue weighted by molar-refractivity contribution is 0.0526. The Morgan fingerprint density at radius 3 is 2.79 bits per heavy atom. The highest BCUT2D eigenvalue weighted by Gasteiger charge is 2.27. The molecule has 4 rings (SSSR count). The minimum absolute atomic E-state index is 0.286. The van der Waals surface area contributed by atoms with E-state index in [0.717, 1.165) is 64.6 Å². The quantitative estimate of drug-likeness (QED) is 0.330. The van der Waals surface area contributed by atoms with E-state index in [4.69, 9.17) is 26.8 Å². The first-order chi connectivity index (χ1) is 16.4. The molecule has 0 saturated heterocycles. The van der Waals surface area contributed by atoms with E-state index in [1.54, 1.807) is 18.4 Å². The predicted molar refractivity (Wildman–Crippen MR) is 141 cm³/mol. The van der Waals surface area contributed by atoms with Gasteiger partial charge in [-0.05, 0) is 81.9 Å². The normalized spacial score (nSPS) is 12.7. The molecule has 34 heavy (non-hydrogen) atoms. The molecule has 2 heterocycles. The summed E-state index contributed by atoms with van der Waals surface area (Å²) in [5.74, 6) is 0.532. The average molecular weight is 499 g/mol. The number of benzene rings is 1. The lowest BCUT2D eigenvalue weighted by Crippen LogP contribution is -2.21. The molecule has 0 atom stereocenters. The van der Waals surface area contributed by atoms with Gasteiger partial charge in [0.1, 0.15) is 10.8 Å². The van der Waals surface area contributed by atoms with E-state index in [1.165, 1.54) is 4.88 Å². The Labute approximate surface area is 209 Å². The fourth-order valence-electron chi connectivity index (χ4n) is 4.30. The van der Waals surface area contributed by atoms with Crippen molar-refractivity contribution >= 4 is 45.3 Å². The molecule has 1 aliphatic rings. The van der Waals surface area contributed by atoms with Crippen LogP contribution in [0.15, 0.2) is 24.3 Å². The van der Waals surface area contributed by atoms with Crippen LogP contribution in [0.5, 0.6) is 5.75 Å². The molecule has 0 radical (unpaired) electrons. The Hall–Kier alpha value is -2.91. The first kappa shape index (κ1) is 24.2. The molecule has 0 spiro atoms. The fraction of sp³-hybridized carbons (Fsp3) is 0.400. The van der Waals surface area contributed by atoms with Crippen molar-refractivity contribution in [2.75, 3.05) is 24.4 Å². The lowest BCUT2D eigenvalue weighted by atomic mass is 9.95. The minimum atomic E-state index is -0.286. The summed E-state index contributed by atoms with van der Waals surface area (Å²) < 4.78 is 12.6. The fourth-order valence-corrected chi connectivity index (χ4v) is 5.85. The number of hydrogen-bond acceptors (Lipinski definition) is 6. The van der Waals surface area contributed by atoms with Crippen LogP contribution in [0.3, 0.4) is 0 Å². The van der Waals surface area contributed by atoms with Crippen LogP contribution in [-0.4, -0.2) is 34.6 Å². The van der Waals surface area contributed by atoms with E-state index in [2.05, 4.69) is 10.6 Å². The van der Waals surface area contributed by atoms with E-state index in [1.807, 2.05) is 49.7 Å². The van der Waals surface area contributed by atoms with Crippen LogP contribution in [0.1, 0.15) is 57.5 Å². The van der Waals surface area contributed by atoms with E-state index in [9.17, 15) is 4.79 Å². The Bertz CT molecular complexity index is 1220. The first-order valence-corrected chi connectivity index (χ1v) is 12.7. The van der Waals surface area contributed by atoms with Crippen molar-refractivity contribution < 1.29 is 14.3 Å². The third-order valence-electron chi connectivity index (χ3n) is 5.96. The van der Waals surface area contributed by atoms with Crippen molar-refractivity contribution in [2.24, 2.45) is 0 Å². The Kier molecular flexibility index (Phi) is 7.53. The topological polar surface area (TPSA) is 77.4 Å². The smallest absolute Gasteiger partial charge is 0.341 e. The van der Waals surface area contributed by atoms with Gasteiger partial charge in [-0.1, -0.05) is 12.1 Å². The van der Waals surface area contributed by atoms with Crippen LogP contribution in [0.2, 0.25) is 0 Å². The van der Waals surface area contributed by atoms with Gasteiger partial charge in [-0.2, -0.15) is 5.10 Å². The molecule has 1 aromatic carbocycles. The molecule has 1 aliphatic carbocycles. The number of aromatic nitrogens is 2. The number of hydrogen-bond donors (Lipinski definition) is 2. The second-order valence-corrected chi connectivity index (χ2v) is 9.78. The molecule has 2 aromatic heterocycles. The molecule has 0 fully saturated rings. The number of ether oxygens (including phenoxy) is 2. The third kappa shape index (κ3) is 5.10. The summed E-state index contributed by atoms with van der Waals surface area (Å²) in [5, 5.41) is 12.4. The van der Waals surface area contributed by atoms with Crippen LogP contribution >= 0.6 is 23.6 Å². The van der Waals surface area contributed by atoms with Crippen molar-refractivity contribution in [1.29, 1.82) is 0 Å². The second kappa shape index (κ2) is 10.6. The van der Waals surface area contributed by atoms with Gasteiger partial charge in [0.25, 0.3) is 0 Å². The van der Waals surface area contributed by atoms with Crippen molar-refractivity contribution in [3.05, 3.63) is 57.2 Å². The highest BCUT2D eigenvalue weighted by atomic mass is 32.1. The van der Waals surface area contributed by atoms with Gasteiger partial charge >= 0.3 is 5.97 Å². The van der Waals surface area contributed by atoms with Crippen LogP contribution in [0.4, 0.5) is 10.7 Å². The van der Waals surface area contributed by atoms with Crippen LogP contribution < -0.4 is 15.4 Å². The molecule has 0 unspecified atom stereocenters. The van der Waals surface area contributed by atoms with Gasteiger partial charge in [0.05, 0.1) is 42.9 Å². The van der Waals surface area contributed by atoms with Crippen LogP contribution in [0.25, 0.3) is 0 Å². The largest absolute Gasteiger partial charge is 0.497 e. The van der Waals surface area contributed by atoms with Gasteiger partial charge in [-0.25, -0.2) is 4.79 Å². The van der Waals surface area contributed by atoms with E-state index in [0.29, 0.717) is 23.8 Å². The molecule has 0 amide bonds. The molecule has 0 bridgehead atoms. The predicted octanol–water partition coefficient (Wildman–Crippen LogP) is 5.48. The maximum Gasteiger partial charge on any atom is 0.341 e. The van der Waals surface area contributed by atoms with Gasteiger partial charge < -0.3 is 20.1 Å². The monoisotopic (exact) mass is 498 g/mol. The minimum Gasteiger partial charge on any atom is -0.497 e. The number of carbonyl (C=O) groups is 1. The molecule has 0 aliphatic heterocycles.